The molecule has 1 amide bonds. The van der Waals surface area contributed by atoms with Gasteiger partial charge in [-0.2, -0.15) is 0 Å². The fourth-order valence-corrected chi connectivity index (χ4v) is 3.35. The maximum absolute atomic E-state index is 12.1. The van der Waals surface area contributed by atoms with Crippen molar-refractivity contribution < 1.29 is 13.2 Å². The lowest BCUT2D eigenvalue weighted by molar-refractivity contribution is -0.114. The van der Waals surface area contributed by atoms with Crippen LogP contribution in [0, 0.1) is 0 Å². The summed E-state index contributed by atoms with van der Waals surface area (Å²) in [5.41, 5.74) is 0.773. The van der Waals surface area contributed by atoms with Crippen LogP contribution in [0.1, 0.15) is 0 Å². The number of nitrogens with zero attached hydrogens (tertiary/aromatic N) is 1. The van der Waals surface area contributed by atoms with Crippen molar-refractivity contribution in [3.05, 3.63) is 58.6 Å². The van der Waals surface area contributed by atoms with Crippen molar-refractivity contribution in [2.45, 2.75) is 0 Å². The Hall–Kier alpha value is -1.76. The van der Waals surface area contributed by atoms with Gasteiger partial charge in [-0.05, 0) is 30.3 Å². The Morgan fingerprint density at radius 1 is 1.13 bits per heavy atom. The minimum atomic E-state index is -3.70. The Labute approximate surface area is 144 Å². The van der Waals surface area contributed by atoms with Crippen LogP contribution in [-0.2, 0) is 14.8 Å². The van der Waals surface area contributed by atoms with E-state index < -0.39 is 22.5 Å². The Balaban J connectivity index is 2.25. The van der Waals surface area contributed by atoms with Gasteiger partial charge in [0.25, 0.3) is 0 Å². The molecule has 0 spiro atoms. The van der Waals surface area contributed by atoms with E-state index in [4.69, 9.17) is 23.2 Å². The smallest absolute Gasteiger partial charge is 0.245 e. The van der Waals surface area contributed by atoms with Gasteiger partial charge in [-0.25, -0.2) is 8.42 Å². The molecule has 1 N–H and O–H groups in total. The number of halogens is 2. The molecule has 0 radical (unpaired) electrons. The van der Waals surface area contributed by atoms with Crippen LogP contribution in [0.5, 0.6) is 0 Å². The molecule has 2 aromatic rings. The molecule has 0 unspecified atom stereocenters. The molecule has 2 rings (SSSR count). The summed E-state index contributed by atoms with van der Waals surface area (Å²) in [6.07, 6.45) is 1.01. The van der Waals surface area contributed by atoms with Gasteiger partial charge in [0.1, 0.15) is 6.54 Å². The quantitative estimate of drug-likeness (QED) is 0.874. The molecule has 0 atom stereocenters. The van der Waals surface area contributed by atoms with Gasteiger partial charge in [0, 0.05) is 10.7 Å². The highest BCUT2D eigenvalue weighted by atomic mass is 35.5. The summed E-state index contributed by atoms with van der Waals surface area (Å²) >= 11 is 11.9. The maximum Gasteiger partial charge on any atom is 0.245 e. The summed E-state index contributed by atoms with van der Waals surface area (Å²) in [6.45, 7) is -0.394. The number of sulfonamides is 1. The van der Waals surface area contributed by atoms with Crippen molar-refractivity contribution in [2.24, 2.45) is 0 Å². The van der Waals surface area contributed by atoms with Gasteiger partial charge in [-0.3, -0.25) is 9.10 Å². The van der Waals surface area contributed by atoms with Crippen LogP contribution in [0.4, 0.5) is 11.4 Å². The molecule has 23 heavy (non-hydrogen) atoms. The molecule has 122 valence electrons. The maximum atomic E-state index is 12.1. The van der Waals surface area contributed by atoms with Gasteiger partial charge in [0.15, 0.2) is 0 Å². The molecule has 0 aliphatic heterocycles. The summed E-state index contributed by atoms with van der Waals surface area (Å²) in [4.78, 5) is 12.1. The van der Waals surface area contributed by atoms with Crippen molar-refractivity contribution in [3.8, 4) is 0 Å². The summed E-state index contributed by atoms with van der Waals surface area (Å²) in [5.74, 6) is -0.479. The second-order valence-corrected chi connectivity index (χ2v) is 7.53. The molecule has 5 nitrogen and oxygen atoms in total. The molecule has 0 bridgehead atoms. The summed E-state index contributed by atoms with van der Waals surface area (Å²) < 4.78 is 25.0. The van der Waals surface area contributed by atoms with Crippen molar-refractivity contribution >= 4 is 50.5 Å². The fraction of sp³-hybridized carbons (Fsp3) is 0.133. The number of hydrogen-bond acceptors (Lipinski definition) is 3. The van der Waals surface area contributed by atoms with E-state index in [1.807, 2.05) is 6.07 Å². The third-order valence-electron chi connectivity index (χ3n) is 2.92. The van der Waals surface area contributed by atoms with Crippen LogP contribution in [0.3, 0.4) is 0 Å². The van der Waals surface area contributed by atoms with Crippen molar-refractivity contribution in [2.75, 3.05) is 22.4 Å². The number of rotatable bonds is 5. The number of amides is 1. The first-order chi connectivity index (χ1) is 10.8. The van der Waals surface area contributed by atoms with E-state index in [2.05, 4.69) is 5.32 Å². The molecule has 0 fully saturated rings. The number of benzene rings is 2. The Kier molecular flexibility index (Phi) is 5.51. The normalized spacial score (nSPS) is 11.1. The van der Waals surface area contributed by atoms with Gasteiger partial charge in [0.2, 0.25) is 15.9 Å². The predicted octanol–water partition coefficient (Wildman–Crippen LogP) is 3.40. The van der Waals surface area contributed by atoms with E-state index in [-0.39, 0.29) is 10.7 Å². The van der Waals surface area contributed by atoms with Crippen LogP contribution >= 0.6 is 23.2 Å². The van der Waals surface area contributed by atoms with E-state index >= 15 is 0 Å². The molecule has 0 aliphatic rings. The Morgan fingerprint density at radius 2 is 1.78 bits per heavy atom. The number of carbonyl (C=O) groups excluding carboxylic acids is 1. The monoisotopic (exact) mass is 372 g/mol. The Morgan fingerprint density at radius 3 is 2.35 bits per heavy atom. The predicted molar refractivity (Wildman–Crippen MR) is 93.7 cm³/mol. The third-order valence-corrected chi connectivity index (χ3v) is 4.59. The zero-order valence-corrected chi connectivity index (χ0v) is 14.5. The van der Waals surface area contributed by atoms with E-state index in [9.17, 15) is 13.2 Å². The second kappa shape index (κ2) is 7.21. The van der Waals surface area contributed by atoms with Crippen molar-refractivity contribution in [3.63, 3.8) is 0 Å². The van der Waals surface area contributed by atoms with Gasteiger partial charge < -0.3 is 5.32 Å². The number of carbonyl (C=O) groups is 1. The molecule has 2 aromatic carbocycles. The highest BCUT2D eigenvalue weighted by molar-refractivity contribution is 7.92. The molecule has 0 aliphatic carbocycles. The zero-order valence-electron chi connectivity index (χ0n) is 12.2. The first kappa shape index (κ1) is 17.6. The minimum Gasteiger partial charge on any atom is -0.325 e. The first-order valence-electron chi connectivity index (χ1n) is 6.55. The zero-order chi connectivity index (χ0) is 17.0. The van der Waals surface area contributed by atoms with Crippen molar-refractivity contribution in [1.82, 2.24) is 0 Å². The van der Waals surface area contributed by atoms with Crippen LogP contribution in [-0.4, -0.2) is 27.1 Å². The van der Waals surface area contributed by atoms with Gasteiger partial charge in [-0.15, -0.1) is 0 Å². The van der Waals surface area contributed by atoms with Gasteiger partial charge in [0.05, 0.1) is 17.0 Å². The highest BCUT2D eigenvalue weighted by Gasteiger charge is 2.23. The summed E-state index contributed by atoms with van der Waals surface area (Å²) in [6, 6.07) is 13.1. The molecular formula is C15H14Cl2N2O3S. The molecule has 0 aromatic heterocycles. The average molecular weight is 373 g/mol. The van der Waals surface area contributed by atoms with Gasteiger partial charge in [-0.1, -0.05) is 41.4 Å². The standard InChI is InChI=1S/C15H14Cl2N2O3S/c1-23(21,22)19(14-8-7-11(16)9-13(14)17)10-15(20)18-12-5-3-2-4-6-12/h2-9H,10H2,1H3,(H,18,20). The van der Waals surface area contributed by atoms with Crippen LogP contribution in [0.2, 0.25) is 10.0 Å². The van der Waals surface area contributed by atoms with Crippen molar-refractivity contribution in [1.29, 1.82) is 0 Å². The lowest BCUT2D eigenvalue weighted by atomic mass is 10.3. The molecule has 0 heterocycles. The van der Waals surface area contributed by atoms with E-state index in [1.165, 1.54) is 18.2 Å². The highest BCUT2D eigenvalue weighted by Crippen LogP contribution is 2.30. The van der Waals surface area contributed by atoms with E-state index in [0.717, 1.165) is 10.6 Å². The lowest BCUT2D eigenvalue weighted by Gasteiger charge is -2.23. The van der Waals surface area contributed by atoms with Gasteiger partial charge >= 0.3 is 0 Å². The summed E-state index contributed by atoms with van der Waals surface area (Å²) in [7, 11) is -3.70. The average Bonchev–Trinajstić information content (AvgIpc) is 2.45. The fourth-order valence-electron chi connectivity index (χ4n) is 1.92. The Bertz CT molecular complexity index is 811. The largest absolute Gasteiger partial charge is 0.325 e. The third kappa shape index (κ3) is 4.86. The second-order valence-electron chi connectivity index (χ2n) is 4.78. The number of para-hydroxylation sites is 1. The molecule has 0 saturated carbocycles. The molecular weight excluding hydrogens is 359 g/mol. The minimum absolute atomic E-state index is 0.149. The SMILES string of the molecule is CS(=O)(=O)N(CC(=O)Nc1ccccc1)c1ccc(Cl)cc1Cl. The molecule has 0 saturated heterocycles. The number of anilines is 2. The van der Waals surface area contributed by atoms with E-state index in [1.54, 1.807) is 24.3 Å². The number of nitrogens with one attached hydrogen (secondary N) is 1. The summed E-state index contributed by atoms with van der Waals surface area (Å²) in [5, 5.41) is 3.16. The van der Waals surface area contributed by atoms with Crippen LogP contribution in [0.25, 0.3) is 0 Å². The lowest BCUT2D eigenvalue weighted by Crippen LogP contribution is -2.37. The van der Waals surface area contributed by atoms with Crippen LogP contribution in [0.15, 0.2) is 48.5 Å². The number of hydrogen-bond donors (Lipinski definition) is 1. The molecule has 8 heteroatoms. The van der Waals surface area contributed by atoms with E-state index in [0.29, 0.717) is 10.7 Å². The first-order valence-corrected chi connectivity index (χ1v) is 9.15. The topological polar surface area (TPSA) is 66.5 Å². The van der Waals surface area contributed by atoms with Crippen LogP contribution < -0.4 is 9.62 Å².